The summed E-state index contributed by atoms with van der Waals surface area (Å²) in [6.45, 7) is 3.95. The highest BCUT2D eigenvalue weighted by Gasteiger charge is 2.43. The summed E-state index contributed by atoms with van der Waals surface area (Å²) in [6.07, 6.45) is 2.90. The van der Waals surface area contributed by atoms with Crippen molar-refractivity contribution in [3.8, 4) is 17.0 Å². The SMILES string of the molecule is COc1cccc(-c2cnc3n2CC2(CCN(Cc4ccc(F)cc4)C2)OC3)c1. The van der Waals surface area contributed by atoms with E-state index in [2.05, 4.69) is 20.5 Å². The molecular formula is C23H24FN3O2. The Balaban J connectivity index is 1.35. The molecule has 1 fully saturated rings. The number of imidazole rings is 1. The van der Waals surface area contributed by atoms with Gasteiger partial charge in [0.25, 0.3) is 0 Å². The molecule has 0 saturated carbocycles. The normalized spacial score (nSPS) is 21.4. The summed E-state index contributed by atoms with van der Waals surface area (Å²) in [6, 6.07) is 14.8. The second-order valence-corrected chi connectivity index (χ2v) is 7.94. The first-order chi connectivity index (χ1) is 14.1. The van der Waals surface area contributed by atoms with Crippen LogP contribution in [0.5, 0.6) is 5.75 Å². The lowest BCUT2D eigenvalue weighted by Crippen LogP contribution is -2.44. The van der Waals surface area contributed by atoms with Gasteiger partial charge in [-0.2, -0.15) is 0 Å². The van der Waals surface area contributed by atoms with Crippen molar-refractivity contribution in [1.29, 1.82) is 0 Å². The van der Waals surface area contributed by atoms with Crippen LogP contribution in [0.1, 0.15) is 17.8 Å². The molecule has 0 aliphatic carbocycles. The molecule has 0 N–H and O–H groups in total. The van der Waals surface area contributed by atoms with E-state index in [4.69, 9.17) is 9.47 Å². The second-order valence-electron chi connectivity index (χ2n) is 7.94. The Hall–Kier alpha value is -2.70. The average Bonchev–Trinajstić information content (AvgIpc) is 3.34. The van der Waals surface area contributed by atoms with E-state index < -0.39 is 0 Å². The monoisotopic (exact) mass is 393 g/mol. The fourth-order valence-corrected chi connectivity index (χ4v) is 4.43. The molecule has 0 amide bonds. The van der Waals surface area contributed by atoms with Crippen molar-refractivity contribution in [2.75, 3.05) is 20.2 Å². The number of likely N-dealkylation sites (tertiary alicyclic amines) is 1. The summed E-state index contributed by atoms with van der Waals surface area (Å²) in [5.74, 6) is 1.61. The van der Waals surface area contributed by atoms with Gasteiger partial charge >= 0.3 is 0 Å². The minimum Gasteiger partial charge on any atom is -0.497 e. The van der Waals surface area contributed by atoms with Crippen LogP contribution in [0.15, 0.2) is 54.7 Å². The molecular weight excluding hydrogens is 369 g/mol. The smallest absolute Gasteiger partial charge is 0.135 e. The Labute approximate surface area is 169 Å². The second kappa shape index (κ2) is 7.28. The van der Waals surface area contributed by atoms with Gasteiger partial charge in [0.2, 0.25) is 0 Å². The summed E-state index contributed by atoms with van der Waals surface area (Å²) in [5.41, 5.74) is 3.11. The van der Waals surface area contributed by atoms with Gasteiger partial charge in [-0.1, -0.05) is 24.3 Å². The largest absolute Gasteiger partial charge is 0.497 e. The number of aromatic nitrogens is 2. The number of halogens is 1. The Morgan fingerprint density at radius 3 is 2.86 bits per heavy atom. The fraction of sp³-hybridized carbons (Fsp3) is 0.348. The molecule has 1 aromatic heterocycles. The van der Waals surface area contributed by atoms with E-state index in [-0.39, 0.29) is 11.4 Å². The third-order valence-electron chi connectivity index (χ3n) is 5.97. The number of fused-ring (bicyclic) bond motifs is 1. The number of ether oxygens (including phenoxy) is 2. The highest BCUT2D eigenvalue weighted by molar-refractivity contribution is 5.61. The van der Waals surface area contributed by atoms with Gasteiger partial charge < -0.3 is 14.0 Å². The predicted molar refractivity (Wildman–Crippen MR) is 108 cm³/mol. The number of hydrogen-bond acceptors (Lipinski definition) is 4. The van der Waals surface area contributed by atoms with E-state index >= 15 is 0 Å². The first-order valence-corrected chi connectivity index (χ1v) is 9.94. The van der Waals surface area contributed by atoms with E-state index in [9.17, 15) is 4.39 Å². The molecule has 2 aliphatic rings. The number of rotatable bonds is 4. The fourth-order valence-electron chi connectivity index (χ4n) is 4.43. The van der Waals surface area contributed by atoms with Gasteiger partial charge in [-0.05, 0) is 36.2 Å². The van der Waals surface area contributed by atoms with Crippen LogP contribution < -0.4 is 4.74 Å². The molecule has 1 spiro atoms. The van der Waals surface area contributed by atoms with Crippen molar-refractivity contribution in [3.63, 3.8) is 0 Å². The molecule has 5 rings (SSSR count). The van der Waals surface area contributed by atoms with Gasteiger partial charge in [0.15, 0.2) is 0 Å². The zero-order chi connectivity index (χ0) is 19.8. The minimum absolute atomic E-state index is 0.194. The zero-order valence-electron chi connectivity index (χ0n) is 16.5. The molecule has 0 radical (unpaired) electrons. The highest BCUT2D eigenvalue weighted by Crippen LogP contribution is 2.36. The highest BCUT2D eigenvalue weighted by atomic mass is 19.1. The van der Waals surface area contributed by atoms with Crippen molar-refractivity contribution in [2.45, 2.75) is 31.7 Å². The first-order valence-electron chi connectivity index (χ1n) is 9.94. The Kier molecular flexibility index (Phi) is 4.60. The van der Waals surface area contributed by atoms with Gasteiger partial charge in [0, 0.05) is 25.2 Å². The minimum atomic E-state index is -0.207. The van der Waals surface area contributed by atoms with Gasteiger partial charge in [-0.3, -0.25) is 4.90 Å². The number of hydrogen-bond donors (Lipinski definition) is 0. The molecule has 1 atom stereocenters. The van der Waals surface area contributed by atoms with Gasteiger partial charge in [0.05, 0.1) is 25.5 Å². The zero-order valence-corrected chi connectivity index (χ0v) is 16.5. The van der Waals surface area contributed by atoms with E-state index in [1.54, 1.807) is 7.11 Å². The van der Waals surface area contributed by atoms with Gasteiger partial charge in [-0.15, -0.1) is 0 Å². The molecule has 3 heterocycles. The van der Waals surface area contributed by atoms with E-state index in [1.165, 1.54) is 12.1 Å². The molecule has 0 bridgehead atoms. The molecule has 2 aliphatic heterocycles. The van der Waals surface area contributed by atoms with Crippen LogP contribution in [0.4, 0.5) is 4.39 Å². The first kappa shape index (κ1) is 18.3. The van der Waals surface area contributed by atoms with Crippen molar-refractivity contribution >= 4 is 0 Å². The Bertz CT molecular complexity index is 1020. The van der Waals surface area contributed by atoms with E-state index in [0.29, 0.717) is 6.61 Å². The summed E-state index contributed by atoms with van der Waals surface area (Å²) < 4.78 is 27.2. The molecule has 6 heteroatoms. The van der Waals surface area contributed by atoms with E-state index in [0.717, 1.165) is 61.0 Å². The third-order valence-corrected chi connectivity index (χ3v) is 5.97. The maximum Gasteiger partial charge on any atom is 0.135 e. The Morgan fingerprint density at radius 2 is 2.03 bits per heavy atom. The quantitative estimate of drug-likeness (QED) is 0.675. The lowest BCUT2D eigenvalue weighted by Gasteiger charge is -2.35. The average molecular weight is 393 g/mol. The van der Waals surface area contributed by atoms with Gasteiger partial charge in [-0.25, -0.2) is 9.37 Å². The maximum atomic E-state index is 13.2. The van der Waals surface area contributed by atoms with Crippen LogP contribution in [0, 0.1) is 5.82 Å². The van der Waals surface area contributed by atoms with Crippen LogP contribution in [0.25, 0.3) is 11.3 Å². The van der Waals surface area contributed by atoms with Crippen LogP contribution in [-0.4, -0.2) is 40.3 Å². The molecule has 2 aromatic carbocycles. The van der Waals surface area contributed by atoms with Crippen LogP contribution in [0.3, 0.4) is 0 Å². The molecule has 3 aromatic rings. The van der Waals surface area contributed by atoms with E-state index in [1.807, 2.05) is 36.5 Å². The van der Waals surface area contributed by atoms with Crippen LogP contribution in [0.2, 0.25) is 0 Å². The molecule has 1 unspecified atom stereocenters. The number of methoxy groups -OCH3 is 1. The molecule has 1 saturated heterocycles. The van der Waals surface area contributed by atoms with Crippen LogP contribution >= 0.6 is 0 Å². The number of benzene rings is 2. The molecule has 5 nitrogen and oxygen atoms in total. The third kappa shape index (κ3) is 3.54. The summed E-state index contributed by atoms with van der Waals surface area (Å²) in [7, 11) is 1.68. The van der Waals surface area contributed by atoms with Crippen molar-refractivity contribution in [2.24, 2.45) is 0 Å². The molecule has 29 heavy (non-hydrogen) atoms. The van der Waals surface area contributed by atoms with Crippen molar-refractivity contribution in [3.05, 3.63) is 71.9 Å². The predicted octanol–water partition coefficient (Wildman–Crippen LogP) is 3.87. The van der Waals surface area contributed by atoms with Gasteiger partial charge in [0.1, 0.15) is 29.6 Å². The number of nitrogens with zero attached hydrogens (tertiary/aromatic N) is 3. The van der Waals surface area contributed by atoms with Crippen LogP contribution in [-0.2, 0) is 24.4 Å². The lowest BCUT2D eigenvalue weighted by atomic mass is 10.0. The van der Waals surface area contributed by atoms with Crippen molar-refractivity contribution in [1.82, 2.24) is 14.5 Å². The summed E-state index contributed by atoms with van der Waals surface area (Å²) >= 11 is 0. The summed E-state index contributed by atoms with van der Waals surface area (Å²) in [5, 5.41) is 0. The lowest BCUT2D eigenvalue weighted by molar-refractivity contribution is -0.0821. The summed E-state index contributed by atoms with van der Waals surface area (Å²) in [4.78, 5) is 6.98. The standard InChI is InChI=1S/C23H24FN3O2/c1-28-20-4-2-3-18(11-20)21-12-25-22-14-29-23(16-27(21)22)9-10-26(15-23)13-17-5-7-19(24)8-6-17/h2-8,11-12H,9-10,13-16H2,1H3. The Morgan fingerprint density at radius 1 is 1.17 bits per heavy atom. The molecule has 150 valence electrons. The van der Waals surface area contributed by atoms with Crippen molar-refractivity contribution < 1.29 is 13.9 Å². The topological polar surface area (TPSA) is 39.5 Å². The maximum absolute atomic E-state index is 13.2.